The maximum atomic E-state index is 14.2. The summed E-state index contributed by atoms with van der Waals surface area (Å²) in [7, 11) is 0. The lowest BCUT2D eigenvalue weighted by Gasteiger charge is -2.31. The van der Waals surface area contributed by atoms with E-state index in [9.17, 15) is 13.2 Å². The zero-order valence-corrected chi connectivity index (χ0v) is 9.77. The number of aryl methyl sites for hydroxylation is 1. The fourth-order valence-electron chi connectivity index (χ4n) is 2.21. The van der Waals surface area contributed by atoms with Crippen LogP contribution in [0.25, 0.3) is 0 Å². The van der Waals surface area contributed by atoms with E-state index >= 15 is 0 Å². The first kappa shape index (κ1) is 12.4. The van der Waals surface area contributed by atoms with Gasteiger partial charge in [0.15, 0.2) is 0 Å². The molecular weight excluding hydrogens is 227 g/mol. The van der Waals surface area contributed by atoms with Crippen LogP contribution in [0.5, 0.6) is 0 Å². The molecule has 0 aliphatic carbocycles. The summed E-state index contributed by atoms with van der Waals surface area (Å²) in [6, 6.07) is 2.70. The predicted octanol–water partition coefficient (Wildman–Crippen LogP) is 3.37. The molecule has 0 spiro atoms. The van der Waals surface area contributed by atoms with Crippen molar-refractivity contribution >= 4 is 0 Å². The highest BCUT2D eigenvalue weighted by molar-refractivity contribution is 5.28. The largest absolute Gasteiger partial charge is 0.308 e. The summed E-state index contributed by atoms with van der Waals surface area (Å²) in [6.45, 7) is 2.13. The van der Waals surface area contributed by atoms with Crippen molar-refractivity contribution in [2.24, 2.45) is 0 Å². The van der Waals surface area contributed by atoms with Gasteiger partial charge in [-0.3, -0.25) is 0 Å². The van der Waals surface area contributed by atoms with E-state index in [4.69, 9.17) is 0 Å². The number of benzene rings is 1. The number of piperidine rings is 1. The van der Waals surface area contributed by atoms with Gasteiger partial charge in [-0.1, -0.05) is 12.5 Å². The van der Waals surface area contributed by atoms with E-state index in [0.717, 1.165) is 18.9 Å². The quantitative estimate of drug-likeness (QED) is 0.839. The van der Waals surface area contributed by atoms with Gasteiger partial charge in [0.25, 0.3) is 5.92 Å². The molecule has 17 heavy (non-hydrogen) atoms. The molecule has 0 aromatic heterocycles. The van der Waals surface area contributed by atoms with Crippen LogP contribution in [0.3, 0.4) is 0 Å². The van der Waals surface area contributed by atoms with Crippen molar-refractivity contribution in [1.82, 2.24) is 5.32 Å². The lowest BCUT2D eigenvalue weighted by Crippen LogP contribution is -2.45. The van der Waals surface area contributed by atoms with Gasteiger partial charge < -0.3 is 5.32 Å². The summed E-state index contributed by atoms with van der Waals surface area (Å²) in [5.41, 5.74) is 0.161. The molecule has 1 saturated heterocycles. The lowest BCUT2D eigenvalue weighted by atomic mass is 9.93. The van der Waals surface area contributed by atoms with E-state index in [0.29, 0.717) is 13.0 Å². The van der Waals surface area contributed by atoms with Crippen LogP contribution in [0, 0.1) is 12.7 Å². The van der Waals surface area contributed by atoms with Crippen molar-refractivity contribution in [2.45, 2.75) is 38.2 Å². The molecule has 1 N–H and O–H groups in total. The van der Waals surface area contributed by atoms with Crippen LogP contribution in [0.1, 0.15) is 30.4 Å². The number of halogens is 3. The Morgan fingerprint density at radius 3 is 2.65 bits per heavy atom. The molecule has 1 heterocycles. The number of alkyl halides is 2. The SMILES string of the molecule is Cc1cc(C(F)(F)C2CCCCN2)ccc1F. The number of hydrogen-bond acceptors (Lipinski definition) is 1. The van der Waals surface area contributed by atoms with Crippen LogP contribution in [-0.4, -0.2) is 12.6 Å². The molecule has 0 bridgehead atoms. The van der Waals surface area contributed by atoms with Gasteiger partial charge in [0, 0.05) is 5.56 Å². The highest BCUT2D eigenvalue weighted by Crippen LogP contribution is 2.35. The van der Waals surface area contributed by atoms with E-state index in [1.807, 2.05) is 0 Å². The van der Waals surface area contributed by atoms with Crippen LogP contribution in [0.15, 0.2) is 18.2 Å². The standard InChI is InChI=1S/C13H16F3N/c1-9-8-10(5-6-11(9)14)13(15,16)12-4-2-3-7-17-12/h5-6,8,12,17H,2-4,7H2,1H3. The molecule has 1 nitrogen and oxygen atoms in total. The molecule has 0 radical (unpaired) electrons. The number of rotatable bonds is 2. The summed E-state index contributed by atoms with van der Waals surface area (Å²) in [6.07, 6.45) is 2.21. The summed E-state index contributed by atoms with van der Waals surface area (Å²) < 4.78 is 41.4. The Balaban J connectivity index is 2.26. The van der Waals surface area contributed by atoms with Gasteiger partial charge in [-0.25, -0.2) is 4.39 Å². The molecule has 1 fully saturated rings. The smallest absolute Gasteiger partial charge is 0.288 e. The summed E-state index contributed by atoms with van der Waals surface area (Å²) >= 11 is 0. The van der Waals surface area contributed by atoms with Crippen molar-refractivity contribution < 1.29 is 13.2 Å². The van der Waals surface area contributed by atoms with Crippen LogP contribution < -0.4 is 5.32 Å². The maximum absolute atomic E-state index is 14.2. The molecule has 0 amide bonds. The van der Waals surface area contributed by atoms with E-state index in [1.165, 1.54) is 19.1 Å². The second kappa shape index (κ2) is 4.69. The molecule has 1 unspecified atom stereocenters. The van der Waals surface area contributed by atoms with Gasteiger partial charge in [0.05, 0.1) is 6.04 Å². The minimum Gasteiger partial charge on any atom is -0.308 e. The van der Waals surface area contributed by atoms with E-state index < -0.39 is 17.8 Å². The van der Waals surface area contributed by atoms with Crippen molar-refractivity contribution in [3.63, 3.8) is 0 Å². The molecule has 1 aromatic rings. The van der Waals surface area contributed by atoms with Gasteiger partial charge in [-0.2, -0.15) is 8.78 Å². The Kier molecular flexibility index (Phi) is 3.43. The summed E-state index contributed by atoms with van der Waals surface area (Å²) in [5, 5.41) is 2.85. The third-order valence-corrected chi connectivity index (χ3v) is 3.29. The molecule has 1 atom stereocenters. The van der Waals surface area contributed by atoms with Crippen LogP contribution in [0.4, 0.5) is 13.2 Å². The molecule has 1 aliphatic rings. The molecule has 1 aromatic carbocycles. The van der Waals surface area contributed by atoms with Gasteiger partial charge in [0.1, 0.15) is 5.82 Å². The maximum Gasteiger partial charge on any atom is 0.288 e. The highest BCUT2D eigenvalue weighted by atomic mass is 19.3. The first-order valence-electron chi connectivity index (χ1n) is 5.89. The van der Waals surface area contributed by atoms with Gasteiger partial charge in [-0.05, 0) is 44.0 Å². The average molecular weight is 243 g/mol. The van der Waals surface area contributed by atoms with E-state index in [-0.39, 0.29) is 11.1 Å². The first-order chi connectivity index (χ1) is 8.01. The summed E-state index contributed by atoms with van der Waals surface area (Å²) in [4.78, 5) is 0. The molecule has 94 valence electrons. The third kappa shape index (κ3) is 2.46. The van der Waals surface area contributed by atoms with Crippen molar-refractivity contribution in [1.29, 1.82) is 0 Å². The second-order valence-corrected chi connectivity index (χ2v) is 4.59. The molecule has 0 saturated carbocycles. The minimum atomic E-state index is -2.93. The monoisotopic (exact) mass is 243 g/mol. The molecule has 1 aliphatic heterocycles. The van der Waals surface area contributed by atoms with E-state index in [1.54, 1.807) is 0 Å². The van der Waals surface area contributed by atoms with Crippen LogP contribution >= 0.6 is 0 Å². The zero-order valence-electron chi connectivity index (χ0n) is 9.77. The molecule has 2 rings (SSSR count). The first-order valence-corrected chi connectivity index (χ1v) is 5.89. The Morgan fingerprint density at radius 1 is 1.29 bits per heavy atom. The van der Waals surface area contributed by atoms with E-state index in [2.05, 4.69) is 5.32 Å². The predicted molar refractivity (Wildman–Crippen MR) is 60.7 cm³/mol. The molecule has 4 heteroatoms. The number of nitrogens with one attached hydrogen (secondary N) is 1. The number of hydrogen-bond donors (Lipinski definition) is 1. The highest BCUT2D eigenvalue weighted by Gasteiger charge is 2.41. The Hall–Kier alpha value is -1.03. The molecular formula is C13H16F3N. The Labute approximate surface area is 99.0 Å². The fourth-order valence-corrected chi connectivity index (χ4v) is 2.21. The second-order valence-electron chi connectivity index (χ2n) is 4.59. The topological polar surface area (TPSA) is 12.0 Å². The minimum absolute atomic E-state index is 0.101. The van der Waals surface area contributed by atoms with Gasteiger partial charge in [-0.15, -0.1) is 0 Å². The van der Waals surface area contributed by atoms with Crippen molar-refractivity contribution in [3.05, 3.63) is 35.1 Å². The van der Waals surface area contributed by atoms with Crippen LogP contribution in [0.2, 0.25) is 0 Å². The Bertz CT molecular complexity index is 398. The Morgan fingerprint density at radius 2 is 2.06 bits per heavy atom. The van der Waals surface area contributed by atoms with Crippen molar-refractivity contribution in [2.75, 3.05) is 6.54 Å². The summed E-state index contributed by atoms with van der Waals surface area (Å²) in [5.74, 6) is -3.38. The van der Waals surface area contributed by atoms with Gasteiger partial charge in [0.2, 0.25) is 0 Å². The average Bonchev–Trinajstić information content (AvgIpc) is 2.33. The fraction of sp³-hybridized carbons (Fsp3) is 0.538. The lowest BCUT2D eigenvalue weighted by molar-refractivity contribution is -0.0513. The van der Waals surface area contributed by atoms with Crippen molar-refractivity contribution in [3.8, 4) is 0 Å². The zero-order chi connectivity index (χ0) is 12.5. The van der Waals surface area contributed by atoms with Gasteiger partial charge >= 0.3 is 0 Å². The third-order valence-electron chi connectivity index (χ3n) is 3.29. The van der Waals surface area contributed by atoms with Crippen LogP contribution in [-0.2, 0) is 5.92 Å². The normalized spacial score (nSPS) is 21.5.